The van der Waals surface area contributed by atoms with Gasteiger partial charge in [0.05, 0.1) is 21.4 Å². The molecule has 0 aliphatic carbocycles. The van der Waals surface area contributed by atoms with Gasteiger partial charge in [0.2, 0.25) is 0 Å². The van der Waals surface area contributed by atoms with E-state index in [2.05, 4.69) is 15.0 Å². The highest BCUT2D eigenvalue weighted by Gasteiger charge is 2.25. The molecular formula is C21H20F2N2O4S2. The van der Waals surface area contributed by atoms with Crippen LogP contribution in [-0.4, -0.2) is 31.2 Å². The molecule has 1 amide bonds. The van der Waals surface area contributed by atoms with Gasteiger partial charge in [0.1, 0.15) is 5.75 Å². The Morgan fingerprint density at radius 2 is 1.74 bits per heavy atom. The predicted molar refractivity (Wildman–Crippen MR) is 116 cm³/mol. The molecule has 0 atom stereocenters. The summed E-state index contributed by atoms with van der Waals surface area (Å²) < 4.78 is 54.2. The molecule has 2 aromatic carbocycles. The van der Waals surface area contributed by atoms with Gasteiger partial charge in [0, 0.05) is 10.4 Å². The molecule has 1 aromatic heterocycles. The van der Waals surface area contributed by atoms with E-state index in [1.807, 2.05) is 6.92 Å². The summed E-state index contributed by atoms with van der Waals surface area (Å²) in [6.07, 6.45) is 0. The van der Waals surface area contributed by atoms with Crippen molar-refractivity contribution in [3.8, 4) is 17.0 Å². The van der Waals surface area contributed by atoms with Gasteiger partial charge in [-0.15, -0.1) is 11.3 Å². The lowest BCUT2D eigenvalue weighted by molar-refractivity contribution is -0.0498. The van der Waals surface area contributed by atoms with E-state index in [4.69, 9.17) is 0 Å². The average Bonchev–Trinajstić information content (AvgIpc) is 3.08. The van der Waals surface area contributed by atoms with E-state index >= 15 is 0 Å². The van der Waals surface area contributed by atoms with Crippen molar-refractivity contribution >= 4 is 32.2 Å². The smallest absolute Gasteiger partial charge is 0.387 e. The van der Waals surface area contributed by atoms with E-state index in [0.717, 1.165) is 4.88 Å². The average molecular weight is 467 g/mol. The number of halogens is 2. The highest BCUT2D eigenvalue weighted by molar-refractivity contribution is 7.92. The zero-order valence-electron chi connectivity index (χ0n) is 16.9. The molecule has 164 valence electrons. The van der Waals surface area contributed by atoms with Gasteiger partial charge < -0.3 is 4.74 Å². The molecule has 0 aliphatic rings. The van der Waals surface area contributed by atoms with Gasteiger partial charge >= 0.3 is 6.61 Å². The maximum atomic E-state index is 12.8. The van der Waals surface area contributed by atoms with Crippen LogP contribution in [0, 0.1) is 6.92 Å². The number of carbonyl (C=O) groups excluding carboxylic acids is 1. The normalized spacial score (nSPS) is 11.7. The summed E-state index contributed by atoms with van der Waals surface area (Å²) in [5.41, 5.74) is 1.28. The lowest BCUT2D eigenvalue weighted by Gasteiger charge is -2.12. The van der Waals surface area contributed by atoms with Gasteiger partial charge in [-0.2, -0.15) is 8.78 Å². The second-order valence-electron chi connectivity index (χ2n) is 6.87. The number of sulfone groups is 1. The van der Waals surface area contributed by atoms with Crippen molar-refractivity contribution in [1.82, 2.24) is 4.98 Å². The highest BCUT2D eigenvalue weighted by Crippen LogP contribution is 2.32. The number of amides is 1. The minimum Gasteiger partial charge on any atom is -0.435 e. The van der Waals surface area contributed by atoms with Gasteiger partial charge in [-0.1, -0.05) is 12.1 Å². The number of ether oxygens (including phenoxy) is 1. The number of hydrogen-bond donors (Lipinski definition) is 1. The summed E-state index contributed by atoms with van der Waals surface area (Å²) in [6, 6.07) is 12.0. The van der Waals surface area contributed by atoms with E-state index < -0.39 is 27.6 Å². The first-order valence-electron chi connectivity index (χ1n) is 9.26. The Bertz CT molecular complexity index is 1190. The number of thiazole rings is 1. The summed E-state index contributed by atoms with van der Waals surface area (Å²) in [5.74, 6) is -0.552. The lowest BCUT2D eigenvalue weighted by Crippen LogP contribution is -2.20. The fraction of sp³-hybridized carbons (Fsp3) is 0.238. The van der Waals surface area contributed by atoms with Crippen molar-refractivity contribution < 1.29 is 26.7 Å². The summed E-state index contributed by atoms with van der Waals surface area (Å²) in [6.45, 7) is 2.01. The molecule has 0 radical (unpaired) electrons. The van der Waals surface area contributed by atoms with Crippen molar-refractivity contribution in [1.29, 1.82) is 0 Å². The second-order valence-corrected chi connectivity index (χ2v) is 10.5. The second kappa shape index (κ2) is 9.11. The third kappa shape index (κ3) is 5.08. The molecule has 0 fully saturated rings. The molecule has 1 N–H and O–H groups in total. The summed E-state index contributed by atoms with van der Waals surface area (Å²) in [5, 5.41) is 2.28. The maximum Gasteiger partial charge on any atom is 0.387 e. The van der Waals surface area contributed by atoms with Crippen LogP contribution in [0.15, 0.2) is 53.4 Å². The van der Waals surface area contributed by atoms with Gasteiger partial charge in [-0.3, -0.25) is 10.1 Å². The highest BCUT2D eigenvalue weighted by atomic mass is 32.2. The zero-order chi connectivity index (χ0) is 22.8. The SMILES string of the molecule is Cc1sc(NC(=O)c2ccccc2S(=O)(=O)C(C)C)nc1-c1ccc(OC(F)F)cc1. The first-order chi connectivity index (χ1) is 14.6. The van der Waals surface area contributed by atoms with Crippen molar-refractivity contribution in [2.24, 2.45) is 0 Å². The Balaban J connectivity index is 1.85. The van der Waals surface area contributed by atoms with Gasteiger partial charge in [0.15, 0.2) is 15.0 Å². The van der Waals surface area contributed by atoms with Crippen molar-refractivity contribution in [3.05, 3.63) is 59.0 Å². The van der Waals surface area contributed by atoms with E-state index in [9.17, 15) is 22.0 Å². The standard InChI is InChI=1S/C21H20F2N2O4S2/c1-12(2)31(27,28)17-7-5-4-6-16(17)19(26)25-21-24-18(13(3)30-21)14-8-10-15(11-9-14)29-20(22)23/h4-12,20H,1-3H3,(H,24,25,26). The number of carbonyl (C=O) groups is 1. The molecule has 0 aliphatic heterocycles. The number of aromatic nitrogens is 1. The number of aryl methyl sites for hydroxylation is 1. The molecule has 31 heavy (non-hydrogen) atoms. The molecular weight excluding hydrogens is 446 g/mol. The molecule has 0 bridgehead atoms. The van der Waals surface area contributed by atoms with Crippen LogP contribution in [0.4, 0.5) is 13.9 Å². The first kappa shape index (κ1) is 22.8. The Morgan fingerprint density at radius 1 is 1.10 bits per heavy atom. The van der Waals surface area contributed by atoms with Crippen LogP contribution in [0.2, 0.25) is 0 Å². The van der Waals surface area contributed by atoms with Crippen LogP contribution >= 0.6 is 11.3 Å². The quantitative estimate of drug-likeness (QED) is 0.520. The van der Waals surface area contributed by atoms with Gasteiger partial charge in [0.25, 0.3) is 5.91 Å². The zero-order valence-corrected chi connectivity index (χ0v) is 18.6. The fourth-order valence-electron chi connectivity index (χ4n) is 2.83. The Hall–Kier alpha value is -2.85. The molecule has 10 heteroatoms. The van der Waals surface area contributed by atoms with E-state index in [1.165, 1.54) is 35.6 Å². The fourth-order valence-corrected chi connectivity index (χ4v) is 4.91. The topological polar surface area (TPSA) is 85.4 Å². The molecule has 3 rings (SSSR count). The molecule has 6 nitrogen and oxygen atoms in total. The number of nitrogens with one attached hydrogen (secondary N) is 1. The minimum atomic E-state index is -3.65. The largest absolute Gasteiger partial charge is 0.435 e. The van der Waals surface area contributed by atoms with Crippen molar-refractivity contribution in [3.63, 3.8) is 0 Å². The number of alkyl halides is 2. The third-order valence-electron chi connectivity index (χ3n) is 4.43. The number of nitrogens with zero attached hydrogens (tertiary/aromatic N) is 1. The Morgan fingerprint density at radius 3 is 2.35 bits per heavy atom. The monoisotopic (exact) mass is 466 g/mol. The lowest BCUT2D eigenvalue weighted by atomic mass is 10.1. The van der Waals surface area contributed by atoms with Crippen molar-refractivity contribution in [2.45, 2.75) is 37.5 Å². The van der Waals surface area contributed by atoms with E-state index in [0.29, 0.717) is 16.4 Å². The van der Waals surface area contributed by atoms with Crippen molar-refractivity contribution in [2.75, 3.05) is 5.32 Å². The van der Waals surface area contributed by atoms with Crippen LogP contribution < -0.4 is 10.1 Å². The Labute approximate surface area is 182 Å². The minimum absolute atomic E-state index is 0.0307. The van der Waals surface area contributed by atoms with Gasteiger partial charge in [-0.25, -0.2) is 13.4 Å². The number of hydrogen-bond acceptors (Lipinski definition) is 6. The van der Waals surface area contributed by atoms with Crippen LogP contribution in [0.1, 0.15) is 29.1 Å². The van der Waals surface area contributed by atoms with Gasteiger partial charge in [-0.05, 0) is 57.2 Å². The molecule has 0 unspecified atom stereocenters. The van der Waals surface area contributed by atoms with E-state index in [1.54, 1.807) is 38.1 Å². The Kier molecular flexibility index (Phi) is 6.71. The molecule has 0 saturated carbocycles. The molecule has 0 spiro atoms. The number of rotatable bonds is 7. The first-order valence-corrected chi connectivity index (χ1v) is 11.6. The van der Waals surface area contributed by atoms with E-state index in [-0.39, 0.29) is 16.2 Å². The third-order valence-corrected chi connectivity index (χ3v) is 7.53. The van der Waals surface area contributed by atoms with Crippen LogP contribution in [-0.2, 0) is 9.84 Å². The number of anilines is 1. The van der Waals surface area contributed by atoms with Crippen LogP contribution in [0.3, 0.4) is 0 Å². The molecule has 0 saturated heterocycles. The van der Waals surface area contributed by atoms with Crippen LogP contribution in [0.5, 0.6) is 5.75 Å². The summed E-state index contributed by atoms with van der Waals surface area (Å²) >= 11 is 1.22. The molecule has 3 aromatic rings. The summed E-state index contributed by atoms with van der Waals surface area (Å²) in [7, 11) is -3.65. The maximum absolute atomic E-state index is 12.8. The predicted octanol–water partition coefficient (Wildman–Crippen LogP) is 5.15. The number of benzene rings is 2. The molecule has 1 heterocycles. The van der Waals surface area contributed by atoms with Crippen LogP contribution in [0.25, 0.3) is 11.3 Å². The summed E-state index contributed by atoms with van der Waals surface area (Å²) in [4.78, 5) is 18.0.